The monoisotopic (exact) mass is 406 g/mol. The van der Waals surface area contributed by atoms with Gasteiger partial charge in [-0.1, -0.05) is 12.1 Å². The summed E-state index contributed by atoms with van der Waals surface area (Å²) in [6.07, 6.45) is 2.03. The molecule has 1 saturated heterocycles. The first-order valence-corrected chi connectivity index (χ1v) is 10.7. The molecule has 148 valence electrons. The Morgan fingerprint density at radius 3 is 2.97 bits per heavy atom. The summed E-state index contributed by atoms with van der Waals surface area (Å²) in [5, 5.41) is 2.04. The molecule has 0 bridgehead atoms. The molecule has 1 aliphatic heterocycles. The second kappa shape index (κ2) is 7.19. The van der Waals surface area contributed by atoms with Crippen molar-refractivity contribution in [2.45, 2.75) is 25.7 Å². The first-order valence-electron chi connectivity index (χ1n) is 9.86. The van der Waals surface area contributed by atoms with Gasteiger partial charge in [-0.3, -0.25) is 4.79 Å². The van der Waals surface area contributed by atoms with E-state index in [1.165, 1.54) is 4.70 Å². The van der Waals surface area contributed by atoms with E-state index in [4.69, 9.17) is 14.1 Å². The number of thiazole rings is 1. The lowest BCUT2D eigenvalue weighted by Crippen LogP contribution is -2.39. The Balaban J connectivity index is 1.42. The van der Waals surface area contributed by atoms with Crippen LogP contribution in [0.2, 0.25) is 0 Å². The van der Waals surface area contributed by atoms with Crippen molar-refractivity contribution in [1.82, 2.24) is 9.88 Å². The molecule has 1 atom stereocenters. The van der Waals surface area contributed by atoms with E-state index >= 15 is 0 Å². The number of hydrogen-bond acceptors (Lipinski definition) is 5. The highest BCUT2D eigenvalue weighted by Gasteiger charge is 2.30. The van der Waals surface area contributed by atoms with E-state index in [1.807, 2.05) is 48.2 Å². The number of rotatable bonds is 3. The first kappa shape index (κ1) is 18.2. The number of carbonyl (C=O) groups excluding carboxylic acids is 1. The van der Waals surface area contributed by atoms with Crippen molar-refractivity contribution < 1.29 is 13.9 Å². The summed E-state index contributed by atoms with van der Waals surface area (Å²) >= 11 is 1.74. The molecule has 2 aromatic heterocycles. The Labute approximate surface area is 172 Å². The molecule has 5 nitrogen and oxygen atoms in total. The van der Waals surface area contributed by atoms with Crippen LogP contribution in [-0.2, 0) is 0 Å². The van der Waals surface area contributed by atoms with Crippen LogP contribution in [0.3, 0.4) is 0 Å². The number of benzene rings is 2. The zero-order valence-electron chi connectivity index (χ0n) is 16.5. The number of fused-ring (bicyclic) bond motifs is 2. The number of aromatic nitrogens is 1. The standard InChI is InChI=1S/C23H22N2O3S/c1-14-17-12-16(27-2)9-10-19(17)28-21(14)23(26)25-11-5-6-15(13-25)22-24-18-7-3-4-8-20(18)29-22/h3-4,7-10,12,15H,5-6,11,13H2,1-2H3/t15-/m1/s1. The molecule has 1 aliphatic rings. The molecule has 6 heteroatoms. The van der Waals surface area contributed by atoms with Crippen LogP contribution in [0.1, 0.15) is 39.9 Å². The number of aryl methyl sites for hydroxylation is 1. The summed E-state index contributed by atoms with van der Waals surface area (Å²) < 4.78 is 12.5. The smallest absolute Gasteiger partial charge is 0.289 e. The quantitative estimate of drug-likeness (QED) is 0.458. The molecule has 0 spiro atoms. The number of furan rings is 1. The molecule has 0 saturated carbocycles. The molecule has 2 aromatic carbocycles. The Bertz CT molecular complexity index is 1180. The molecule has 0 unspecified atom stereocenters. The number of para-hydroxylation sites is 1. The molecule has 3 heterocycles. The number of ether oxygens (including phenoxy) is 1. The van der Waals surface area contributed by atoms with E-state index in [0.29, 0.717) is 17.9 Å². The SMILES string of the molecule is COc1ccc2oc(C(=O)N3CCC[C@@H](c4nc5ccccc5s4)C3)c(C)c2c1. The van der Waals surface area contributed by atoms with Gasteiger partial charge in [-0.2, -0.15) is 0 Å². The molecule has 1 amide bonds. The zero-order valence-corrected chi connectivity index (χ0v) is 17.3. The molecule has 0 N–H and O–H groups in total. The van der Waals surface area contributed by atoms with E-state index in [1.54, 1.807) is 18.4 Å². The third-order valence-electron chi connectivity index (χ3n) is 5.71. The highest BCUT2D eigenvalue weighted by Crippen LogP contribution is 2.35. The summed E-state index contributed by atoms with van der Waals surface area (Å²) in [6.45, 7) is 3.37. The average molecular weight is 407 g/mol. The third-order valence-corrected chi connectivity index (χ3v) is 6.90. The van der Waals surface area contributed by atoms with Crippen molar-refractivity contribution in [3.63, 3.8) is 0 Å². The molecule has 5 rings (SSSR count). The van der Waals surface area contributed by atoms with Gasteiger partial charge in [-0.15, -0.1) is 11.3 Å². The second-order valence-electron chi connectivity index (χ2n) is 7.53. The minimum atomic E-state index is -0.0384. The fourth-order valence-corrected chi connectivity index (χ4v) is 5.20. The lowest BCUT2D eigenvalue weighted by atomic mass is 9.98. The van der Waals surface area contributed by atoms with Crippen LogP contribution in [-0.4, -0.2) is 36.0 Å². The van der Waals surface area contributed by atoms with Gasteiger partial charge in [0.05, 0.1) is 22.3 Å². The van der Waals surface area contributed by atoms with Gasteiger partial charge in [0.25, 0.3) is 5.91 Å². The molecule has 29 heavy (non-hydrogen) atoms. The maximum absolute atomic E-state index is 13.3. The fraction of sp³-hybridized carbons (Fsp3) is 0.304. The van der Waals surface area contributed by atoms with E-state index in [-0.39, 0.29) is 11.8 Å². The fourth-order valence-electron chi connectivity index (χ4n) is 4.10. The molecule has 4 aromatic rings. The van der Waals surface area contributed by atoms with Crippen molar-refractivity contribution in [3.05, 3.63) is 58.8 Å². The summed E-state index contributed by atoms with van der Waals surface area (Å²) in [7, 11) is 1.64. The van der Waals surface area contributed by atoms with Crippen molar-refractivity contribution in [2.24, 2.45) is 0 Å². The normalized spacial score (nSPS) is 17.2. The van der Waals surface area contributed by atoms with E-state index in [0.717, 1.165) is 46.6 Å². The highest BCUT2D eigenvalue weighted by atomic mass is 32.1. The molecule has 0 aliphatic carbocycles. The number of likely N-dealkylation sites (tertiary alicyclic amines) is 1. The van der Waals surface area contributed by atoms with Crippen molar-refractivity contribution in [2.75, 3.05) is 20.2 Å². The number of piperidine rings is 1. The maximum Gasteiger partial charge on any atom is 0.289 e. The van der Waals surface area contributed by atoms with Gasteiger partial charge < -0.3 is 14.1 Å². The molecular weight excluding hydrogens is 384 g/mol. The predicted octanol–water partition coefficient (Wildman–Crippen LogP) is 5.38. The molecule has 0 radical (unpaired) electrons. The Morgan fingerprint density at radius 1 is 1.28 bits per heavy atom. The number of amides is 1. The van der Waals surface area contributed by atoms with Crippen LogP contribution in [0.25, 0.3) is 21.2 Å². The number of nitrogens with zero attached hydrogens (tertiary/aromatic N) is 2. The van der Waals surface area contributed by atoms with Gasteiger partial charge >= 0.3 is 0 Å². The topological polar surface area (TPSA) is 55.6 Å². The van der Waals surface area contributed by atoms with E-state index < -0.39 is 0 Å². The second-order valence-corrected chi connectivity index (χ2v) is 8.59. The largest absolute Gasteiger partial charge is 0.497 e. The summed E-state index contributed by atoms with van der Waals surface area (Å²) in [5.41, 5.74) is 2.62. The van der Waals surface area contributed by atoms with Crippen LogP contribution >= 0.6 is 11.3 Å². The summed E-state index contributed by atoms with van der Waals surface area (Å²) in [4.78, 5) is 20.0. The predicted molar refractivity (Wildman–Crippen MR) is 115 cm³/mol. The van der Waals surface area contributed by atoms with Crippen LogP contribution < -0.4 is 4.74 Å². The van der Waals surface area contributed by atoms with Crippen LogP contribution in [0.15, 0.2) is 46.9 Å². The van der Waals surface area contributed by atoms with E-state index in [9.17, 15) is 4.79 Å². The van der Waals surface area contributed by atoms with Crippen molar-refractivity contribution in [3.8, 4) is 5.75 Å². The lowest BCUT2D eigenvalue weighted by Gasteiger charge is -2.31. The third kappa shape index (κ3) is 3.17. The van der Waals surface area contributed by atoms with Gasteiger partial charge in [-0.25, -0.2) is 4.98 Å². The minimum absolute atomic E-state index is 0.0384. The van der Waals surface area contributed by atoms with Gasteiger partial charge in [0.2, 0.25) is 0 Å². The first-order chi connectivity index (χ1) is 14.1. The van der Waals surface area contributed by atoms with Gasteiger partial charge in [-0.05, 0) is 50.1 Å². The van der Waals surface area contributed by atoms with Gasteiger partial charge in [0, 0.05) is 30.0 Å². The molecule has 1 fully saturated rings. The Hall–Kier alpha value is -2.86. The van der Waals surface area contributed by atoms with Crippen molar-refractivity contribution in [1.29, 1.82) is 0 Å². The van der Waals surface area contributed by atoms with E-state index in [2.05, 4.69) is 6.07 Å². The number of hydrogen-bond donors (Lipinski definition) is 0. The maximum atomic E-state index is 13.3. The van der Waals surface area contributed by atoms with Crippen LogP contribution in [0, 0.1) is 6.92 Å². The molecular formula is C23H22N2O3S. The van der Waals surface area contributed by atoms with Gasteiger partial charge in [0.15, 0.2) is 5.76 Å². The Morgan fingerprint density at radius 2 is 2.14 bits per heavy atom. The summed E-state index contributed by atoms with van der Waals surface area (Å²) in [5.74, 6) is 1.42. The Kier molecular flexibility index (Phi) is 4.51. The number of carbonyl (C=O) groups is 1. The number of methoxy groups -OCH3 is 1. The zero-order chi connectivity index (χ0) is 20.0. The van der Waals surface area contributed by atoms with Crippen LogP contribution in [0.4, 0.5) is 0 Å². The van der Waals surface area contributed by atoms with Gasteiger partial charge in [0.1, 0.15) is 11.3 Å². The average Bonchev–Trinajstić information content (AvgIpc) is 3.34. The van der Waals surface area contributed by atoms with Crippen LogP contribution in [0.5, 0.6) is 5.75 Å². The highest BCUT2D eigenvalue weighted by molar-refractivity contribution is 7.18. The minimum Gasteiger partial charge on any atom is -0.497 e. The van der Waals surface area contributed by atoms with Crippen molar-refractivity contribution >= 4 is 38.4 Å². The lowest BCUT2D eigenvalue weighted by molar-refractivity contribution is 0.0676. The summed E-state index contributed by atoms with van der Waals surface area (Å²) in [6, 6.07) is 13.8.